The zero-order valence-electron chi connectivity index (χ0n) is 8.84. The summed E-state index contributed by atoms with van der Waals surface area (Å²) in [4.78, 5) is 2.38. The number of rotatable bonds is 9. The van der Waals surface area contributed by atoms with E-state index in [1.807, 2.05) is 6.08 Å². The molecule has 0 rings (SSSR count). The van der Waals surface area contributed by atoms with Crippen molar-refractivity contribution in [2.24, 2.45) is 0 Å². The van der Waals surface area contributed by atoms with E-state index in [4.69, 9.17) is 5.11 Å². The number of aliphatic hydroxyl groups excluding tert-OH is 1. The van der Waals surface area contributed by atoms with E-state index < -0.39 is 0 Å². The van der Waals surface area contributed by atoms with Crippen molar-refractivity contribution in [3.8, 4) is 0 Å². The summed E-state index contributed by atoms with van der Waals surface area (Å²) >= 11 is 0. The first kappa shape index (κ1) is 12.7. The third-order valence-electron chi connectivity index (χ3n) is 2.22. The second-order valence-corrected chi connectivity index (χ2v) is 3.32. The molecular formula is C11H23NO. The highest BCUT2D eigenvalue weighted by atomic mass is 16.2. The Labute approximate surface area is 82.3 Å². The van der Waals surface area contributed by atoms with Crippen molar-refractivity contribution >= 4 is 0 Å². The lowest BCUT2D eigenvalue weighted by atomic mass is 10.2. The van der Waals surface area contributed by atoms with Crippen LogP contribution in [0.2, 0.25) is 0 Å². The van der Waals surface area contributed by atoms with Gasteiger partial charge in [-0.05, 0) is 25.9 Å². The van der Waals surface area contributed by atoms with Gasteiger partial charge in [-0.15, -0.1) is 6.58 Å². The molecule has 0 unspecified atom stereocenters. The van der Waals surface area contributed by atoms with E-state index in [9.17, 15) is 0 Å². The molecule has 0 bridgehead atoms. The van der Waals surface area contributed by atoms with Gasteiger partial charge >= 0.3 is 0 Å². The Kier molecular flexibility index (Phi) is 9.49. The minimum absolute atomic E-state index is 0.337. The molecule has 2 nitrogen and oxygen atoms in total. The lowest BCUT2D eigenvalue weighted by molar-refractivity contribution is 0.276. The number of aliphatic hydroxyl groups is 1. The van der Waals surface area contributed by atoms with Crippen LogP contribution < -0.4 is 0 Å². The quantitative estimate of drug-likeness (QED) is 0.439. The maximum absolute atomic E-state index is 8.58. The van der Waals surface area contributed by atoms with Gasteiger partial charge in [0.1, 0.15) is 0 Å². The molecule has 0 saturated carbocycles. The van der Waals surface area contributed by atoms with Crippen molar-refractivity contribution in [3.05, 3.63) is 12.7 Å². The van der Waals surface area contributed by atoms with E-state index in [1.165, 1.54) is 12.8 Å². The summed E-state index contributed by atoms with van der Waals surface area (Å²) in [7, 11) is 0. The van der Waals surface area contributed by atoms with Crippen LogP contribution >= 0.6 is 0 Å². The Morgan fingerprint density at radius 1 is 1.23 bits per heavy atom. The second kappa shape index (κ2) is 9.75. The van der Waals surface area contributed by atoms with Gasteiger partial charge in [0, 0.05) is 13.2 Å². The van der Waals surface area contributed by atoms with Crippen LogP contribution in [0.15, 0.2) is 12.7 Å². The Balaban J connectivity index is 3.22. The minimum Gasteiger partial charge on any atom is -0.396 e. The van der Waals surface area contributed by atoms with Crippen LogP contribution in [-0.2, 0) is 0 Å². The summed E-state index contributed by atoms with van der Waals surface area (Å²) in [5, 5.41) is 8.58. The Hall–Kier alpha value is -0.340. The van der Waals surface area contributed by atoms with Crippen molar-refractivity contribution in [3.63, 3.8) is 0 Å². The molecule has 0 aliphatic heterocycles. The van der Waals surface area contributed by atoms with Gasteiger partial charge in [-0.3, -0.25) is 4.90 Å². The van der Waals surface area contributed by atoms with Crippen molar-refractivity contribution in [2.75, 3.05) is 26.2 Å². The molecule has 0 aromatic rings. The first-order chi connectivity index (χ1) is 6.35. The van der Waals surface area contributed by atoms with E-state index in [1.54, 1.807) is 0 Å². The zero-order chi connectivity index (χ0) is 9.94. The van der Waals surface area contributed by atoms with Gasteiger partial charge in [-0.1, -0.05) is 25.8 Å². The van der Waals surface area contributed by atoms with Crippen LogP contribution in [0, 0.1) is 0 Å². The molecule has 0 heterocycles. The fourth-order valence-electron chi connectivity index (χ4n) is 1.36. The lowest BCUT2D eigenvalue weighted by Gasteiger charge is -2.17. The van der Waals surface area contributed by atoms with Crippen LogP contribution in [0.3, 0.4) is 0 Å². The number of nitrogens with zero attached hydrogens (tertiary/aromatic N) is 1. The molecule has 0 aromatic heterocycles. The SMILES string of the molecule is C=CCN(CC)CCCCCCO. The van der Waals surface area contributed by atoms with Crippen molar-refractivity contribution in [1.29, 1.82) is 0 Å². The summed E-state index contributed by atoms with van der Waals surface area (Å²) in [5.41, 5.74) is 0. The fraction of sp³-hybridized carbons (Fsp3) is 0.818. The summed E-state index contributed by atoms with van der Waals surface area (Å²) in [6, 6.07) is 0. The molecule has 0 aliphatic carbocycles. The lowest BCUT2D eigenvalue weighted by Crippen LogP contribution is -2.24. The molecule has 0 amide bonds. The summed E-state index contributed by atoms with van der Waals surface area (Å²) in [6.45, 7) is 9.51. The monoisotopic (exact) mass is 185 g/mol. The standard InChI is InChI=1S/C11H23NO/c1-3-9-12(4-2)10-7-5-6-8-11-13/h3,13H,1,4-11H2,2H3. The molecule has 1 N–H and O–H groups in total. The summed E-state index contributed by atoms with van der Waals surface area (Å²) in [6.07, 6.45) is 6.53. The third-order valence-corrected chi connectivity index (χ3v) is 2.22. The number of hydrogen-bond donors (Lipinski definition) is 1. The van der Waals surface area contributed by atoms with E-state index in [-0.39, 0.29) is 0 Å². The molecule has 13 heavy (non-hydrogen) atoms. The fourth-order valence-corrected chi connectivity index (χ4v) is 1.36. The largest absolute Gasteiger partial charge is 0.396 e. The number of likely N-dealkylation sites (N-methyl/N-ethyl adjacent to an activating group) is 1. The average molecular weight is 185 g/mol. The number of hydrogen-bond acceptors (Lipinski definition) is 2. The highest BCUT2D eigenvalue weighted by Gasteiger charge is 1.98. The smallest absolute Gasteiger partial charge is 0.0431 e. The third kappa shape index (κ3) is 8.00. The van der Waals surface area contributed by atoms with Gasteiger partial charge in [0.2, 0.25) is 0 Å². The minimum atomic E-state index is 0.337. The molecule has 0 saturated heterocycles. The zero-order valence-corrected chi connectivity index (χ0v) is 8.84. The predicted molar refractivity (Wildman–Crippen MR) is 57.9 cm³/mol. The topological polar surface area (TPSA) is 23.5 Å². The maximum atomic E-state index is 8.58. The van der Waals surface area contributed by atoms with E-state index in [0.29, 0.717) is 6.61 Å². The molecule has 0 fully saturated rings. The first-order valence-electron chi connectivity index (χ1n) is 5.29. The van der Waals surface area contributed by atoms with Gasteiger partial charge in [-0.2, -0.15) is 0 Å². The van der Waals surface area contributed by atoms with Crippen LogP contribution in [0.25, 0.3) is 0 Å². The number of unbranched alkanes of at least 4 members (excludes halogenated alkanes) is 3. The normalized spacial score (nSPS) is 10.7. The highest BCUT2D eigenvalue weighted by Crippen LogP contribution is 2.01. The van der Waals surface area contributed by atoms with Crippen molar-refractivity contribution in [1.82, 2.24) is 4.90 Å². The van der Waals surface area contributed by atoms with E-state index in [0.717, 1.165) is 32.5 Å². The maximum Gasteiger partial charge on any atom is 0.0431 e. The summed E-state index contributed by atoms with van der Waals surface area (Å²) < 4.78 is 0. The molecule has 78 valence electrons. The van der Waals surface area contributed by atoms with Gasteiger partial charge < -0.3 is 5.11 Å². The van der Waals surface area contributed by atoms with Crippen molar-refractivity contribution < 1.29 is 5.11 Å². The molecular weight excluding hydrogens is 162 g/mol. The van der Waals surface area contributed by atoms with Gasteiger partial charge in [-0.25, -0.2) is 0 Å². The molecule has 0 aromatic carbocycles. The van der Waals surface area contributed by atoms with Gasteiger partial charge in [0.05, 0.1) is 0 Å². The Morgan fingerprint density at radius 3 is 2.46 bits per heavy atom. The first-order valence-corrected chi connectivity index (χ1v) is 5.29. The van der Waals surface area contributed by atoms with Gasteiger partial charge in [0.15, 0.2) is 0 Å². The molecule has 2 heteroatoms. The molecule has 0 radical (unpaired) electrons. The van der Waals surface area contributed by atoms with Crippen LogP contribution in [-0.4, -0.2) is 36.2 Å². The van der Waals surface area contributed by atoms with E-state index in [2.05, 4.69) is 18.4 Å². The van der Waals surface area contributed by atoms with Gasteiger partial charge in [0.25, 0.3) is 0 Å². The highest BCUT2D eigenvalue weighted by molar-refractivity contribution is 4.72. The molecule has 0 atom stereocenters. The van der Waals surface area contributed by atoms with Crippen LogP contribution in [0.5, 0.6) is 0 Å². The molecule has 0 spiro atoms. The predicted octanol–water partition coefficient (Wildman–Crippen LogP) is 2.05. The Morgan fingerprint density at radius 2 is 1.92 bits per heavy atom. The van der Waals surface area contributed by atoms with Crippen LogP contribution in [0.1, 0.15) is 32.6 Å². The van der Waals surface area contributed by atoms with Crippen molar-refractivity contribution in [2.45, 2.75) is 32.6 Å². The molecule has 0 aliphatic rings. The second-order valence-electron chi connectivity index (χ2n) is 3.32. The summed E-state index contributed by atoms with van der Waals surface area (Å²) in [5.74, 6) is 0. The van der Waals surface area contributed by atoms with Crippen LogP contribution in [0.4, 0.5) is 0 Å². The Bertz CT molecular complexity index is 115. The average Bonchev–Trinajstić information content (AvgIpc) is 2.16. The van der Waals surface area contributed by atoms with E-state index >= 15 is 0 Å².